The van der Waals surface area contributed by atoms with E-state index >= 15 is 0 Å². The lowest BCUT2D eigenvalue weighted by molar-refractivity contribution is -0.384. The lowest BCUT2D eigenvalue weighted by Gasteiger charge is -2.09. The third kappa shape index (κ3) is 2.47. The van der Waals surface area contributed by atoms with Gasteiger partial charge in [0.15, 0.2) is 0 Å². The van der Waals surface area contributed by atoms with Crippen LogP contribution in [0.15, 0.2) is 0 Å². The van der Waals surface area contributed by atoms with E-state index in [1.807, 2.05) is 0 Å². The number of nitro groups is 1. The number of nitrogens with one attached hydrogen (secondary N) is 1. The highest BCUT2D eigenvalue weighted by atomic mass is 16.6. The quantitative estimate of drug-likeness (QED) is 0.460. The second-order valence-corrected chi connectivity index (χ2v) is 3.38. The van der Waals surface area contributed by atoms with Crippen LogP contribution in [0.25, 0.3) is 0 Å². The smallest absolute Gasteiger partial charge is 0.333 e. The predicted octanol–water partition coefficient (Wildman–Crippen LogP) is -0.598. The number of aliphatic hydroxyl groups is 2. The van der Waals surface area contributed by atoms with Gasteiger partial charge >= 0.3 is 5.69 Å². The van der Waals surface area contributed by atoms with Gasteiger partial charge in [-0.25, -0.2) is 4.68 Å². The van der Waals surface area contributed by atoms with Crippen LogP contribution in [-0.2, 0) is 7.05 Å². The highest BCUT2D eigenvalue weighted by Crippen LogP contribution is 2.26. The zero-order valence-electron chi connectivity index (χ0n) is 9.04. The number of anilines is 1. The lowest BCUT2D eigenvalue weighted by atomic mass is 10.3. The average Bonchev–Trinajstić information content (AvgIpc) is 2.49. The summed E-state index contributed by atoms with van der Waals surface area (Å²) >= 11 is 0. The van der Waals surface area contributed by atoms with Crippen molar-refractivity contribution in [1.82, 2.24) is 9.78 Å². The molecule has 0 radical (unpaired) electrons. The van der Waals surface area contributed by atoms with E-state index in [-0.39, 0.29) is 18.1 Å². The first-order valence-corrected chi connectivity index (χ1v) is 4.68. The Bertz CT molecular complexity index is 390. The van der Waals surface area contributed by atoms with Crippen molar-refractivity contribution in [1.29, 1.82) is 0 Å². The van der Waals surface area contributed by atoms with Gasteiger partial charge in [-0.1, -0.05) is 0 Å². The summed E-state index contributed by atoms with van der Waals surface area (Å²) in [5.41, 5.74) is 0.182. The predicted molar refractivity (Wildman–Crippen MR) is 56.2 cm³/mol. The van der Waals surface area contributed by atoms with E-state index in [2.05, 4.69) is 10.4 Å². The number of aliphatic hydroxyl groups excluding tert-OH is 2. The molecule has 0 bridgehead atoms. The maximum atomic E-state index is 10.8. The van der Waals surface area contributed by atoms with E-state index in [0.29, 0.717) is 5.69 Å². The molecule has 1 heterocycles. The summed E-state index contributed by atoms with van der Waals surface area (Å²) < 4.78 is 1.33. The van der Waals surface area contributed by atoms with Crippen molar-refractivity contribution in [3.8, 4) is 0 Å². The van der Waals surface area contributed by atoms with Gasteiger partial charge in [0.05, 0.1) is 17.6 Å². The van der Waals surface area contributed by atoms with Crippen molar-refractivity contribution in [2.75, 3.05) is 18.5 Å². The first-order valence-electron chi connectivity index (χ1n) is 4.68. The number of nitrogens with zero attached hydrogens (tertiary/aromatic N) is 3. The molecule has 90 valence electrons. The minimum Gasteiger partial charge on any atom is -0.394 e. The topological polar surface area (TPSA) is 113 Å². The van der Waals surface area contributed by atoms with Crippen LogP contribution in [0.1, 0.15) is 5.69 Å². The van der Waals surface area contributed by atoms with Crippen LogP contribution in [0.2, 0.25) is 0 Å². The van der Waals surface area contributed by atoms with Gasteiger partial charge in [-0.05, 0) is 6.92 Å². The van der Waals surface area contributed by atoms with Gasteiger partial charge in [-0.2, -0.15) is 5.10 Å². The molecule has 3 N–H and O–H groups in total. The Morgan fingerprint density at radius 2 is 2.31 bits per heavy atom. The summed E-state index contributed by atoms with van der Waals surface area (Å²) in [7, 11) is 1.56. The normalized spacial score (nSPS) is 12.5. The number of aromatic nitrogens is 2. The molecular formula is C8H14N4O4. The summed E-state index contributed by atoms with van der Waals surface area (Å²) in [5, 5.41) is 35.1. The molecule has 1 aromatic heterocycles. The monoisotopic (exact) mass is 230 g/mol. The minimum atomic E-state index is -0.963. The molecule has 0 fully saturated rings. The van der Waals surface area contributed by atoms with Gasteiger partial charge in [0.2, 0.25) is 5.82 Å². The molecule has 0 aliphatic carbocycles. The molecule has 1 atom stereocenters. The number of hydrogen-bond acceptors (Lipinski definition) is 6. The molecule has 1 aromatic rings. The van der Waals surface area contributed by atoms with Crippen LogP contribution >= 0.6 is 0 Å². The Morgan fingerprint density at radius 1 is 1.69 bits per heavy atom. The Morgan fingerprint density at radius 3 is 2.81 bits per heavy atom. The van der Waals surface area contributed by atoms with E-state index in [1.54, 1.807) is 7.05 Å². The van der Waals surface area contributed by atoms with Crippen LogP contribution in [0.3, 0.4) is 0 Å². The van der Waals surface area contributed by atoms with Crippen molar-refractivity contribution in [3.05, 3.63) is 15.8 Å². The first-order chi connectivity index (χ1) is 7.47. The lowest BCUT2D eigenvalue weighted by Crippen LogP contribution is -2.24. The van der Waals surface area contributed by atoms with Gasteiger partial charge in [-0.15, -0.1) is 0 Å². The third-order valence-corrected chi connectivity index (χ3v) is 2.09. The summed E-state index contributed by atoms with van der Waals surface area (Å²) in [6, 6.07) is 0. The highest BCUT2D eigenvalue weighted by molar-refractivity contribution is 5.59. The summed E-state index contributed by atoms with van der Waals surface area (Å²) in [4.78, 5) is 10.2. The fourth-order valence-electron chi connectivity index (χ4n) is 1.34. The molecular weight excluding hydrogens is 216 g/mol. The largest absolute Gasteiger partial charge is 0.394 e. The van der Waals surface area contributed by atoms with Gasteiger partial charge < -0.3 is 15.5 Å². The zero-order valence-corrected chi connectivity index (χ0v) is 9.04. The number of hydrogen-bond donors (Lipinski definition) is 3. The maximum absolute atomic E-state index is 10.8. The Hall–Kier alpha value is -1.67. The molecule has 0 aromatic carbocycles. The Balaban J connectivity index is 2.90. The van der Waals surface area contributed by atoms with Gasteiger partial charge in [0.25, 0.3) is 0 Å². The summed E-state index contributed by atoms with van der Waals surface area (Å²) in [6.07, 6.45) is -0.963. The van der Waals surface area contributed by atoms with Gasteiger partial charge in [0.1, 0.15) is 5.69 Å². The molecule has 16 heavy (non-hydrogen) atoms. The van der Waals surface area contributed by atoms with Gasteiger partial charge in [-0.3, -0.25) is 10.1 Å². The number of rotatable bonds is 5. The molecule has 0 saturated heterocycles. The first kappa shape index (κ1) is 12.4. The standard InChI is InChI=1S/C8H14N4O4/c1-5-7(12(15)16)8(11(2)10-5)9-3-6(14)4-13/h6,9,13-14H,3-4H2,1-2H3. The fraction of sp³-hybridized carbons (Fsp3) is 0.625. The Kier molecular flexibility index (Phi) is 3.80. The van der Waals surface area contributed by atoms with Crippen LogP contribution < -0.4 is 5.32 Å². The zero-order chi connectivity index (χ0) is 12.3. The molecule has 8 heteroatoms. The molecule has 8 nitrogen and oxygen atoms in total. The number of aryl methyl sites for hydroxylation is 2. The van der Waals surface area contributed by atoms with Crippen LogP contribution in [-0.4, -0.2) is 44.2 Å². The molecule has 1 rings (SSSR count). The van der Waals surface area contributed by atoms with E-state index < -0.39 is 17.6 Å². The van der Waals surface area contributed by atoms with Crippen LogP contribution in [0, 0.1) is 17.0 Å². The SMILES string of the molecule is Cc1nn(C)c(NCC(O)CO)c1[N+](=O)[O-]. The second kappa shape index (κ2) is 4.90. The van der Waals surface area contributed by atoms with Crippen molar-refractivity contribution in [2.24, 2.45) is 7.05 Å². The summed E-state index contributed by atoms with van der Waals surface area (Å²) in [5.74, 6) is 0.218. The minimum absolute atomic E-state index is 0.0241. The van der Waals surface area contributed by atoms with E-state index in [1.165, 1.54) is 11.6 Å². The second-order valence-electron chi connectivity index (χ2n) is 3.38. The van der Waals surface area contributed by atoms with Gasteiger partial charge in [0, 0.05) is 13.6 Å². The average molecular weight is 230 g/mol. The van der Waals surface area contributed by atoms with E-state index in [9.17, 15) is 10.1 Å². The van der Waals surface area contributed by atoms with E-state index in [4.69, 9.17) is 10.2 Å². The maximum Gasteiger partial charge on any atom is 0.333 e. The Labute approximate surface area is 91.7 Å². The highest BCUT2D eigenvalue weighted by Gasteiger charge is 2.23. The molecule has 0 saturated carbocycles. The summed E-state index contributed by atoms with van der Waals surface area (Å²) in [6.45, 7) is 1.15. The van der Waals surface area contributed by atoms with Crippen molar-refractivity contribution in [2.45, 2.75) is 13.0 Å². The molecule has 0 spiro atoms. The third-order valence-electron chi connectivity index (χ3n) is 2.09. The van der Waals surface area contributed by atoms with E-state index in [0.717, 1.165) is 0 Å². The van der Waals surface area contributed by atoms with Crippen molar-refractivity contribution >= 4 is 11.5 Å². The van der Waals surface area contributed by atoms with Crippen molar-refractivity contribution in [3.63, 3.8) is 0 Å². The molecule has 0 aliphatic heterocycles. The van der Waals surface area contributed by atoms with Crippen LogP contribution in [0.4, 0.5) is 11.5 Å². The van der Waals surface area contributed by atoms with Crippen LogP contribution in [0.5, 0.6) is 0 Å². The fourth-order valence-corrected chi connectivity index (χ4v) is 1.34. The molecule has 1 unspecified atom stereocenters. The molecule has 0 aliphatic rings. The molecule has 0 amide bonds. The van der Waals surface area contributed by atoms with Crippen molar-refractivity contribution < 1.29 is 15.1 Å².